The summed E-state index contributed by atoms with van der Waals surface area (Å²) in [4.78, 5) is 28.3. The van der Waals surface area contributed by atoms with Gasteiger partial charge >= 0.3 is 5.69 Å². The summed E-state index contributed by atoms with van der Waals surface area (Å²) in [5.41, 5.74) is -0.436. The van der Waals surface area contributed by atoms with Crippen molar-refractivity contribution in [3.05, 3.63) is 39.2 Å². The van der Waals surface area contributed by atoms with E-state index in [9.17, 15) is 9.59 Å². The number of aromatic nitrogens is 2. The van der Waals surface area contributed by atoms with E-state index < -0.39 is 5.69 Å². The number of hydrogen-bond donors (Lipinski definition) is 2. The standard InChI is InChI=1S/C8H11N3O2/c1-4-11(3)6-5(2)7(12)10-8(13)9-6/h4H,1H2,2-3H3,(H2,9,10,12,13). The van der Waals surface area contributed by atoms with Crippen molar-refractivity contribution in [2.24, 2.45) is 0 Å². The summed E-state index contributed by atoms with van der Waals surface area (Å²) < 4.78 is 0. The highest BCUT2D eigenvalue weighted by Crippen LogP contribution is 2.07. The molecule has 0 spiro atoms. The lowest BCUT2D eigenvalue weighted by Crippen LogP contribution is -2.28. The lowest BCUT2D eigenvalue weighted by Gasteiger charge is -2.13. The molecule has 0 unspecified atom stereocenters. The van der Waals surface area contributed by atoms with Crippen LogP contribution >= 0.6 is 0 Å². The number of hydrogen-bond acceptors (Lipinski definition) is 3. The molecule has 70 valence electrons. The fourth-order valence-electron chi connectivity index (χ4n) is 0.981. The number of aromatic amines is 2. The molecule has 0 bridgehead atoms. The third-order valence-electron chi connectivity index (χ3n) is 1.78. The molecule has 0 saturated carbocycles. The van der Waals surface area contributed by atoms with Crippen LogP contribution in [0.25, 0.3) is 0 Å². The van der Waals surface area contributed by atoms with Gasteiger partial charge in [0.15, 0.2) is 0 Å². The highest BCUT2D eigenvalue weighted by molar-refractivity contribution is 5.45. The van der Waals surface area contributed by atoms with Gasteiger partial charge in [0, 0.05) is 7.05 Å². The van der Waals surface area contributed by atoms with Gasteiger partial charge < -0.3 is 4.90 Å². The van der Waals surface area contributed by atoms with Crippen molar-refractivity contribution in [3.8, 4) is 0 Å². The van der Waals surface area contributed by atoms with Crippen LogP contribution in [0.3, 0.4) is 0 Å². The smallest absolute Gasteiger partial charge is 0.327 e. The largest absolute Gasteiger partial charge is 0.338 e. The molecule has 1 heterocycles. The fraction of sp³-hybridized carbons (Fsp3) is 0.250. The van der Waals surface area contributed by atoms with E-state index in [1.165, 1.54) is 6.20 Å². The Morgan fingerprint density at radius 3 is 2.54 bits per heavy atom. The highest BCUT2D eigenvalue weighted by atomic mass is 16.2. The Bertz CT molecular complexity index is 430. The maximum absolute atomic E-state index is 11.1. The average molecular weight is 181 g/mol. The van der Waals surface area contributed by atoms with Crippen molar-refractivity contribution in [2.45, 2.75) is 6.92 Å². The van der Waals surface area contributed by atoms with E-state index in [0.717, 1.165) is 0 Å². The van der Waals surface area contributed by atoms with Crippen LogP contribution < -0.4 is 16.1 Å². The Morgan fingerprint density at radius 1 is 1.38 bits per heavy atom. The molecule has 0 aliphatic heterocycles. The Labute approximate surface area is 74.7 Å². The number of H-pyrrole nitrogens is 2. The second-order valence-corrected chi connectivity index (χ2v) is 2.68. The lowest BCUT2D eigenvalue weighted by atomic mass is 10.3. The summed E-state index contributed by atoms with van der Waals surface area (Å²) >= 11 is 0. The molecular weight excluding hydrogens is 170 g/mol. The molecule has 0 saturated heterocycles. The monoisotopic (exact) mass is 181 g/mol. The van der Waals surface area contributed by atoms with E-state index in [-0.39, 0.29) is 5.56 Å². The van der Waals surface area contributed by atoms with Crippen molar-refractivity contribution < 1.29 is 0 Å². The van der Waals surface area contributed by atoms with Crippen molar-refractivity contribution in [1.29, 1.82) is 0 Å². The normalized spacial score (nSPS) is 9.69. The molecule has 0 amide bonds. The first-order chi connectivity index (χ1) is 6.06. The van der Waals surface area contributed by atoms with Gasteiger partial charge in [-0.3, -0.25) is 14.8 Å². The van der Waals surface area contributed by atoms with Gasteiger partial charge in [0.2, 0.25) is 0 Å². The number of anilines is 1. The molecule has 13 heavy (non-hydrogen) atoms. The quantitative estimate of drug-likeness (QED) is 0.672. The minimum Gasteiger partial charge on any atom is -0.338 e. The topological polar surface area (TPSA) is 69.0 Å². The molecule has 0 fully saturated rings. The summed E-state index contributed by atoms with van der Waals surface area (Å²) in [6.45, 7) is 5.16. The van der Waals surface area contributed by atoms with Crippen LogP contribution in [-0.4, -0.2) is 17.0 Å². The average Bonchev–Trinajstić information content (AvgIpc) is 2.10. The molecule has 1 aromatic heterocycles. The maximum Gasteiger partial charge on any atom is 0.327 e. The molecule has 5 heteroatoms. The summed E-state index contributed by atoms with van der Waals surface area (Å²) in [6.07, 6.45) is 1.51. The molecule has 5 nitrogen and oxygen atoms in total. The van der Waals surface area contributed by atoms with Crippen LogP contribution in [0.1, 0.15) is 5.56 Å². The first-order valence-electron chi connectivity index (χ1n) is 3.75. The predicted octanol–water partition coefficient (Wildman–Crippen LogP) is -0.0487. The van der Waals surface area contributed by atoms with Crippen molar-refractivity contribution in [1.82, 2.24) is 9.97 Å². The van der Waals surface area contributed by atoms with Crippen molar-refractivity contribution in [2.75, 3.05) is 11.9 Å². The van der Waals surface area contributed by atoms with Crippen LogP contribution in [0.15, 0.2) is 22.4 Å². The summed E-state index contributed by atoms with van der Waals surface area (Å²) in [6, 6.07) is 0. The number of rotatable bonds is 2. The van der Waals surface area contributed by atoms with E-state index >= 15 is 0 Å². The Morgan fingerprint density at radius 2 is 2.00 bits per heavy atom. The highest BCUT2D eigenvalue weighted by Gasteiger charge is 2.05. The Hall–Kier alpha value is -1.78. The molecule has 1 aromatic rings. The van der Waals surface area contributed by atoms with Crippen LogP contribution in [0.2, 0.25) is 0 Å². The molecule has 1 rings (SSSR count). The summed E-state index contributed by atoms with van der Waals surface area (Å²) in [5, 5.41) is 0. The lowest BCUT2D eigenvalue weighted by molar-refractivity contribution is 0.970. The van der Waals surface area contributed by atoms with Gasteiger partial charge in [-0.25, -0.2) is 4.79 Å². The molecule has 0 aromatic carbocycles. The van der Waals surface area contributed by atoms with E-state index in [2.05, 4.69) is 16.5 Å². The maximum atomic E-state index is 11.1. The molecule has 2 N–H and O–H groups in total. The fourth-order valence-corrected chi connectivity index (χ4v) is 0.981. The van der Waals surface area contributed by atoms with Crippen LogP contribution in [0, 0.1) is 6.92 Å². The third-order valence-corrected chi connectivity index (χ3v) is 1.78. The van der Waals surface area contributed by atoms with E-state index in [4.69, 9.17) is 0 Å². The van der Waals surface area contributed by atoms with Crippen molar-refractivity contribution >= 4 is 5.82 Å². The van der Waals surface area contributed by atoms with Crippen molar-refractivity contribution in [3.63, 3.8) is 0 Å². The zero-order chi connectivity index (χ0) is 10.0. The van der Waals surface area contributed by atoms with E-state index in [0.29, 0.717) is 11.4 Å². The first-order valence-corrected chi connectivity index (χ1v) is 3.75. The Kier molecular flexibility index (Phi) is 2.36. The van der Waals surface area contributed by atoms with Gasteiger partial charge in [-0.1, -0.05) is 6.58 Å². The molecule has 0 atom stereocenters. The van der Waals surface area contributed by atoms with Crippen LogP contribution in [0.4, 0.5) is 5.82 Å². The number of nitrogens with one attached hydrogen (secondary N) is 2. The minimum absolute atomic E-state index is 0.382. The third kappa shape index (κ3) is 1.69. The van der Waals surface area contributed by atoms with Gasteiger partial charge in [0.1, 0.15) is 5.82 Å². The SMILES string of the molecule is C=CN(C)c1[nH]c(=O)[nH]c(=O)c1C. The van der Waals surface area contributed by atoms with E-state index in [1.807, 2.05) is 0 Å². The first kappa shape index (κ1) is 9.31. The molecular formula is C8H11N3O2. The van der Waals surface area contributed by atoms with Gasteiger partial charge in [-0.2, -0.15) is 0 Å². The summed E-state index contributed by atoms with van der Waals surface area (Å²) in [5.74, 6) is 0.462. The van der Waals surface area contributed by atoms with Crippen LogP contribution in [0.5, 0.6) is 0 Å². The van der Waals surface area contributed by atoms with Crippen LogP contribution in [-0.2, 0) is 0 Å². The second kappa shape index (κ2) is 3.30. The number of nitrogens with zero attached hydrogens (tertiary/aromatic N) is 1. The predicted molar refractivity (Wildman–Crippen MR) is 51.0 cm³/mol. The van der Waals surface area contributed by atoms with Gasteiger partial charge in [-0.05, 0) is 13.1 Å². The van der Waals surface area contributed by atoms with Gasteiger partial charge in [0.25, 0.3) is 5.56 Å². The molecule has 0 aliphatic carbocycles. The minimum atomic E-state index is -0.515. The second-order valence-electron chi connectivity index (χ2n) is 2.68. The zero-order valence-electron chi connectivity index (χ0n) is 7.55. The Balaban J connectivity index is 3.45. The molecule has 0 aliphatic rings. The van der Waals surface area contributed by atoms with E-state index in [1.54, 1.807) is 18.9 Å². The van der Waals surface area contributed by atoms with Gasteiger partial charge in [0.05, 0.1) is 5.56 Å². The summed E-state index contributed by atoms with van der Waals surface area (Å²) in [7, 11) is 1.70. The van der Waals surface area contributed by atoms with Gasteiger partial charge in [-0.15, -0.1) is 0 Å². The molecule has 0 radical (unpaired) electrons. The zero-order valence-corrected chi connectivity index (χ0v) is 7.55.